The molecule has 0 fully saturated rings. The van der Waals surface area contributed by atoms with Gasteiger partial charge in [0.25, 0.3) is 0 Å². The fourth-order valence-corrected chi connectivity index (χ4v) is 12.5. The number of halogens is 1. The van der Waals surface area contributed by atoms with Crippen LogP contribution in [0.4, 0.5) is 0 Å². The Morgan fingerprint density at radius 3 is 0.935 bits per heavy atom. The molecule has 46 heavy (non-hydrogen) atoms. The maximum Gasteiger partial charge on any atom is 0.368 e. The van der Waals surface area contributed by atoms with Crippen LogP contribution in [0, 0.1) is 0 Å². The maximum absolute atomic E-state index is 13.0. The molecule has 2 N–H and O–H groups in total. The van der Waals surface area contributed by atoms with Crippen molar-refractivity contribution in [3.05, 3.63) is 24.3 Å². The summed E-state index contributed by atoms with van der Waals surface area (Å²) in [5.41, 5.74) is 0. The molecule has 0 rings (SSSR count). The van der Waals surface area contributed by atoms with Crippen molar-refractivity contribution >= 4 is 14.9 Å². The molecule has 276 valence electrons. The van der Waals surface area contributed by atoms with Gasteiger partial charge in [0.1, 0.15) is 0 Å². The summed E-state index contributed by atoms with van der Waals surface area (Å²) >= 11 is 0. The Kier molecular flexibility index (Phi) is 35.0. The molecule has 0 aromatic rings. The van der Waals surface area contributed by atoms with Crippen LogP contribution >= 0.6 is 14.9 Å². The fourth-order valence-electron chi connectivity index (χ4n) is 6.79. The normalized spacial score (nSPS) is 13.9. The highest BCUT2D eigenvalue weighted by Crippen LogP contribution is 2.77. The predicted molar refractivity (Wildman–Crippen MR) is 208 cm³/mol. The summed E-state index contributed by atoms with van der Waals surface area (Å²) in [6.07, 6.45) is 46.3. The van der Waals surface area contributed by atoms with Gasteiger partial charge in [-0.3, -0.25) is 4.57 Å². The zero-order valence-electron chi connectivity index (χ0n) is 31.6. The molecule has 6 heteroatoms. The molecule has 3 nitrogen and oxygen atoms in total. The Hall–Kier alpha value is 0.790. The Balaban J connectivity index is 0. The third kappa shape index (κ3) is 26.6. The SMILES string of the molecule is CCCCCCCCC=CCCCCCCCCC(CCCCCCCCC=CCCCCCCCC)(P(=O)(O)O)[P+](C)(C)C.[I-]. The molecular formula is C40H81IO3P2. The van der Waals surface area contributed by atoms with Crippen molar-refractivity contribution < 1.29 is 38.3 Å². The first-order valence-corrected chi connectivity index (χ1v) is 24.5. The van der Waals surface area contributed by atoms with E-state index < -0.39 is 19.8 Å². The van der Waals surface area contributed by atoms with Gasteiger partial charge in [0, 0.05) is 27.3 Å². The van der Waals surface area contributed by atoms with Crippen molar-refractivity contribution in [1.82, 2.24) is 0 Å². The van der Waals surface area contributed by atoms with Crippen LogP contribution in [-0.2, 0) is 4.57 Å². The van der Waals surface area contributed by atoms with E-state index in [-0.39, 0.29) is 24.0 Å². The van der Waals surface area contributed by atoms with E-state index in [0.29, 0.717) is 12.8 Å². The Morgan fingerprint density at radius 2 is 0.696 bits per heavy atom. The van der Waals surface area contributed by atoms with Gasteiger partial charge in [-0.05, 0) is 77.0 Å². The number of hydrogen-bond donors (Lipinski definition) is 2. The summed E-state index contributed by atoms with van der Waals surface area (Å²) in [5, 5.41) is 0. The molecule has 0 atom stereocenters. The van der Waals surface area contributed by atoms with Gasteiger partial charge in [-0.25, -0.2) is 0 Å². The van der Waals surface area contributed by atoms with Gasteiger partial charge in [-0.1, -0.05) is 154 Å². The number of allylic oxidation sites excluding steroid dienone is 4. The van der Waals surface area contributed by atoms with Crippen molar-refractivity contribution in [3.63, 3.8) is 0 Å². The van der Waals surface area contributed by atoms with Crippen LogP contribution in [0.1, 0.15) is 206 Å². The van der Waals surface area contributed by atoms with Gasteiger partial charge in [-0.15, -0.1) is 0 Å². The summed E-state index contributed by atoms with van der Waals surface area (Å²) in [6, 6.07) is 0. The minimum absolute atomic E-state index is 0. The minimum atomic E-state index is -4.17. The lowest BCUT2D eigenvalue weighted by Gasteiger charge is -2.39. The topological polar surface area (TPSA) is 57.5 Å². The van der Waals surface area contributed by atoms with Crippen LogP contribution in [0.2, 0.25) is 0 Å². The molecule has 0 aliphatic rings. The number of hydrogen-bond acceptors (Lipinski definition) is 1. The fraction of sp³-hybridized carbons (Fsp3) is 0.900. The van der Waals surface area contributed by atoms with Crippen LogP contribution < -0.4 is 24.0 Å². The zero-order valence-corrected chi connectivity index (χ0v) is 35.5. The smallest absolute Gasteiger partial charge is 0.368 e. The van der Waals surface area contributed by atoms with E-state index in [9.17, 15) is 14.4 Å². The molecule has 0 amide bonds. The van der Waals surface area contributed by atoms with Gasteiger partial charge >= 0.3 is 7.60 Å². The van der Waals surface area contributed by atoms with E-state index >= 15 is 0 Å². The Morgan fingerprint density at radius 1 is 0.457 bits per heavy atom. The van der Waals surface area contributed by atoms with Gasteiger partial charge in [0.2, 0.25) is 0 Å². The second kappa shape index (κ2) is 33.0. The van der Waals surface area contributed by atoms with Crippen molar-refractivity contribution in [3.8, 4) is 0 Å². The van der Waals surface area contributed by atoms with E-state index in [1.54, 1.807) is 0 Å². The highest BCUT2D eigenvalue weighted by Gasteiger charge is 2.59. The van der Waals surface area contributed by atoms with Gasteiger partial charge in [-0.2, -0.15) is 0 Å². The monoisotopic (exact) mass is 798 g/mol. The molecule has 0 aliphatic carbocycles. The van der Waals surface area contributed by atoms with E-state index in [1.807, 2.05) is 0 Å². The Bertz CT molecular complexity index is 699. The predicted octanol–water partition coefficient (Wildman–Crippen LogP) is 11.6. The molecule has 0 aromatic heterocycles. The molecule has 0 saturated heterocycles. The van der Waals surface area contributed by atoms with E-state index in [1.165, 1.54) is 154 Å². The molecule has 0 saturated carbocycles. The first-order valence-electron chi connectivity index (χ1n) is 19.8. The molecule has 0 heterocycles. The summed E-state index contributed by atoms with van der Waals surface area (Å²) in [5.74, 6) is 0. The zero-order chi connectivity index (χ0) is 33.5. The summed E-state index contributed by atoms with van der Waals surface area (Å²) in [4.78, 5) is 20.5. The van der Waals surface area contributed by atoms with Gasteiger partial charge in [0.05, 0.1) is 0 Å². The molecule has 0 bridgehead atoms. The van der Waals surface area contributed by atoms with Crippen molar-refractivity contribution in [1.29, 1.82) is 0 Å². The first kappa shape index (κ1) is 48.9. The third-order valence-electron chi connectivity index (χ3n) is 9.97. The summed E-state index contributed by atoms with van der Waals surface area (Å²) in [6.45, 7) is 11.0. The highest BCUT2D eigenvalue weighted by atomic mass is 127. The van der Waals surface area contributed by atoms with Crippen LogP contribution in [0.15, 0.2) is 24.3 Å². The standard InChI is InChI=1S/C40H80O3P2.HI/c1-6-8-10-12-14-16-18-20-22-24-26-28-30-32-34-36-38-40(44(3,4)5,45(41,42)43)39-37-35-33-31-29-27-25-23-21-19-17-15-13-11-9-7-2;/h20-23H,6-19,24-39H2,1-5H3,(H-,41,42,43);1H. The third-order valence-corrected chi connectivity index (χ3v) is 17.0. The number of rotatable bonds is 34. The Labute approximate surface area is 307 Å². The molecular weight excluding hydrogens is 717 g/mol. The molecule has 0 aliphatic heterocycles. The lowest BCUT2D eigenvalue weighted by Crippen LogP contribution is -3.00. The van der Waals surface area contributed by atoms with Crippen LogP contribution in [0.3, 0.4) is 0 Å². The average Bonchev–Trinajstić information content (AvgIpc) is 2.98. The van der Waals surface area contributed by atoms with Gasteiger partial charge in [0.15, 0.2) is 4.90 Å². The van der Waals surface area contributed by atoms with Crippen molar-refractivity contribution in [2.24, 2.45) is 0 Å². The maximum atomic E-state index is 13.0. The second-order valence-electron chi connectivity index (χ2n) is 14.9. The van der Waals surface area contributed by atoms with Crippen LogP contribution in [0.5, 0.6) is 0 Å². The average molecular weight is 799 g/mol. The highest BCUT2D eigenvalue weighted by molar-refractivity contribution is 7.85. The molecule has 0 unspecified atom stereocenters. The minimum Gasteiger partial charge on any atom is -1.00 e. The van der Waals surface area contributed by atoms with E-state index in [4.69, 9.17) is 0 Å². The molecule has 0 spiro atoms. The molecule has 0 radical (unpaired) electrons. The largest absolute Gasteiger partial charge is 1.00 e. The van der Waals surface area contributed by atoms with Crippen molar-refractivity contribution in [2.75, 3.05) is 20.0 Å². The summed E-state index contributed by atoms with van der Waals surface area (Å²) in [7, 11) is -5.91. The van der Waals surface area contributed by atoms with Crippen LogP contribution in [-0.4, -0.2) is 34.7 Å². The lowest BCUT2D eigenvalue weighted by molar-refractivity contribution is -0.0000153. The van der Waals surface area contributed by atoms with Gasteiger partial charge < -0.3 is 33.8 Å². The first-order chi connectivity index (χ1) is 21.6. The van der Waals surface area contributed by atoms with Crippen LogP contribution in [0.25, 0.3) is 0 Å². The number of unbranched alkanes of at least 4 members (excludes halogenated alkanes) is 24. The quantitative estimate of drug-likeness (QED) is 0.0295. The van der Waals surface area contributed by atoms with Crippen molar-refractivity contribution in [2.45, 2.75) is 211 Å². The lowest BCUT2D eigenvalue weighted by atomic mass is 10.0. The summed E-state index contributed by atoms with van der Waals surface area (Å²) < 4.78 is 13.0. The second-order valence-corrected chi connectivity index (χ2v) is 22.1. The van der Waals surface area contributed by atoms with E-state index in [0.717, 1.165) is 25.7 Å². The molecule has 0 aromatic carbocycles. The van der Waals surface area contributed by atoms with E-state index in [2.05, 4.69) is 58.1 Å².